The van der Waals surface area contributed by atoms with E-state index in [0.717, 1.165) is 22.7 Å². The predicted molar refractivity (Wildman–Crippen MR) is 96.3 cm³/mol. The fourth-order valence-corrected chi connectivity index (χ4v) is 2.74. The summed E-state index contributed by atoms with van der Waals surface area (Å²) in [6.07, 6.45) is 3.92. The van der Waals surface area contributed by atoms with Crippen LogP contribution in [0.4, 0.5) is 0 Å². The monoisotopic (exact) mass is 335 g/mol. The fraction of sp³-hybridized carbons (Fsp3) is 0.200. The molecule has 0 aliphatic rings. The third kappa shape index (κ3) is 4.07. The number of ether oxygens (including phenoxy) is 1. The summed E-state index contributed by atoms with van der Waals surface area (Å²) < 4.78 is 7.07. The second-order valence-corrected chi connectivity index (χ2v) is 5.83. The molecule has 1 aromatic heterocycles. The Morgan fingerprint density at radius 2 is 1.88 bits per heavy atom. The summed E-state index contributed by atoms with van der Waals surface area (Å²) in [5.41, 5.74) is 1.94. The van der Waals surface area contributed by atoms with Crippen molar-refractivity contribution in [1.82, 2.24) is 14.9 Å². The summed E-state index contributed by atoms with van der Waals surface area (Å²) in [6, 6.07) is 17.1. The molecule has 25 heavy (non-hydrogen) atoms. The molecule has 0 bridgehead atoms. The summed E-state index contributed by atoms with van der Waals surface area (Å²) in [7, 11) is 3.55. The van der Waals surface area contributed by atoms with Gasteiger partial charge in [-0.1, -0.05) is 42.5 Å². The lowest BCUT2D eigenvalue weighted by Crippen LogP contribution is -2.32. The van der Waals surface area contributed by atoms with Gasteiger partial charge in [-0.25, -0.2) is 4.98 Å². The molecule has 0 aliphatic heterocycles. The van der Waals surface area contributed by atoms with E-state index in [1.54, 1.807) is 13.3 Å². The zero-order valence-electron chi connectivity index (χ0n) is 14.3. The summed E-state index contributed by atoms with van der Waals surface area (Å²) in [4.78, 5) is 17.0. The van der Waals surface area contributed by atoms with Crippen LogP contribution in [0.25, 0.3) is 0 Å². The van der Waals surface area contributed by atoms with Gasteiger partial charge in [0.2, 0.25) is 5.91 Å². The van der Waals surface area contributed by atoms with Gasteiger partial charge in [-0.15, -0.1) is 0 Å². The van der Waals surface area contributed by atoms with Crippen molar-refractivity contribution in [2.45, 2.75) is 12.5 Å². The van der Waals surface area contributed by atoms with Crippen LogP contribution in [0, 0.1) is 0 Å². The highest BCUT2D eigenvalue weighted by Crippen LogP contribution is 2.20. The Morgan fingerprint density at radius 1 is 1.16 bits per heavy atom. The summed E-state index contributed by atoms with van der Waals surface area (Å²) in [5.74, 6) is 1.52. The highest BCUT2D eigenvalue weighted by molar-refractivity contribution is 5.79. The van der Waals surface area contributed by atoms with Crippen LogP contribution in [0.1, 0.15) is 23.0 Å². The van der Waals surface area contributed by atoms with Crippen molar-refractivity contribution in [1.29, 1.82) is 0 Å². The van der Waals surface area contributed by atoms with E-state index in [2.05, 4.69) is 10.3 Å². The molecule has 2 aromatic carbocycles. The van der Waals surface area contributed by atoms with Crippen molar-refractivity contribution < 1.29 is 9.53 Å². The standard InChI is InChI=1S/C20H21N3O2/c1-23-13-12-21-20(23)19(16-6-4-3-5-7-16)22-18(24)14-15-8-10-17(25-2)11-9-15/h3-13,19H,14H2,1-2H3,(H,22,24). The first-order valence-corrected chi connectivity index (χ1v) is 8.12. The van der Waals surface area contributed by atoms with E-state index < -0.39 is 0 Å². The van der Waals surface area contributed by atoms with Gasteiger partial charge in [0, 0.05) is 19.4 Å². The van der Waals surface area contributed by atoms with Crippen LogP contribution in [0.2, 0.25) is 0 Å². The van der Waals surface area contributed by atoms with Gasteiger partial charge in [0.1, 0.15) is 17.6 Å². The number of methoxy groups -OCH3 is 1. The van der Waals surface area contributed by atoms with Crippen LogP contribution in [-0.4, -0.2) is 22.6 Å². The Morgan fingerprint density at radius 3 is 2.48 bits per heavy atom. The maximum atomic E-state index is 12.6. The number of carbonyl (C=O) groups excluding carboxylic acids is 1. The van der Waals surface area contributed by atoms with Crippen LogP contribution < -0.4 is 10.1 Å². The Kier molecular flexibility index (Phi) is 5.14. The molecule has 0 spiro atoms. The molecule has 0 saturated carbocycles. The van der Waals surface area contributed by atoms with E-state index in [4.69, 9.17) is 4.74 Å². The number of amides is 1. The number of aromatic nitrogens is 2. The van der Waals surface area contributed by atoms with Gasteiger partial charge in [-0.2, -0.15) is 0 Å². The number of imidazole rings is 1. The van der Waals surface area contributed by atoms with Crippen molar-refractivity contribution in [2.24, 2.45) is 7.05 Å². The quantitative estimate of drug-likeness (QED) is 0.753. The third-order valence-corrected chi connectivity index (χ3v) is 4.08. The number of aryl methyl sites for hydroxylation is 1. The number of benzene rings is 2. The molecule has 0 saturated heterocycles. The van der Waals surface area contributed by atoms with E-state index >= 15 is 0 Å². The largest absolute Gasteiger partial charge is 0.497 e. The number of hydrogen-bond acceptors (Lipinski definition) is 3. The number of carbonyl (C=O) groups is 1. The minimum atomic E-state index is -0.285. The normalized spacial score (nSPS) is 11.8. The van der Waals surface area contributed by atoms with E-state index in [0.29, 0.717) is 6.42 Å². The van der Waals surface area contributed by atoms with Crippen LogP contribution in [0.3, 0.4) is 0 Å². The maximum Gasteiger partial charge on any atom is 0.225 e. The zero-order valence-corrected chi connectivity index (χ0v) is 14.3. The van der Waals surface area contributed by atoms with E-state index in [1.807, 2.05) is 72.4 Å². The van der Waals surface area contributed by atoms with Gasteiger partial charge in [-0.3, -0.25) is 4.79 Å². The van der Waals surface area contributed by atoms with Gasteiger partial charge in [-0.05, 0) is 23.3 Å². The molecule has 0 fully saturated rings. The molecule has 1 atom stereocenters. The minimum Gasteiger partial charge on any atom is -0.497 e. The average Bonchev–Trinajstić information content (AvgIpc) is 3.07. The van der Waals surface area contributed by atoms with Gasteiger partial charge in [0.25, 0.3) is 0 Å². The summed E-state index contributed by atoms with van der Waals surface area (Å²) in [6.45, 7) is 0. The smallest absolute Gasteiger partial charge is 0.225 e. The lowest BCUT2D eigenvalue weighted by Gasteiger charge is -2.19. The molecular formula is C20H21N3O2. The van der Waals surface area contributed by atoms with Gasteiger partial charge >= 0.3 is 0 Å². The molecule has 1 unspecified atom stereocenters. The molecular weight excluding hydrogens is 314 g/mol. The van der Waals surface area contributed by atoms with Crippen LogP contribution >= 0.6 is 0 Å². The fourth-order valence-electron chi connectivity index (χ4n) is 2.74. The first kappa shape index (κ1) is 16.8. The van der Waals surface area contributed by atoms with Gasteiger partial charge < -0.3 is 14.6 Å². The van der Waals surface area contributed by atoms with Gasteiger partial charge in [0.15, 0.2) is 0 Å². The maximum absolute atomic E-state index is 12.6. The summed E-state index contributed by atoms with van der Waals surface area (Å²) in [5, 5.41) is 3.10. The molecule has 0 aliphatic carbocycles. The Bertz CT molecular complexity index is 826. The Labute approximate surface area is 147 Å². The van der Waals surface area contributed by atoms with Crippen molar-refractivity contribution in [2.75, 3.05) is 7.11 Å². The van der Waals surface area contributed by atoms with Crippen LogP contribution in [-0.2, 0) is 18.3 Å². The topological polar surface area (TPSA) is 56.1 Å². The molecule has 3 rings (SSSR count). The molecule has 1 amide bonds. The Balaban J connectivity index is 1.78. The molecule has 0 radical (unpaired) electrons. The second kappa shape index (κ2) is 7.66. The minimum absolute atomic E-state index is 0.0537. The second-order valence-electron chi connectivity index (χ2n) is 5.83. The molecule has 3 aromatic rings. The third-order valence-electron chi connectivity index (χ3n) is 4.08. The lowest BCUT2D eigenvalue weighted by atomic mass is 10.1. The number of rotatable bonds is 6. The van der Waals surface area contributed by atoms with E-state index in [1.165, 1.54) is 0 Å². The summed E-state index contributed by atoms with van der Waals surface area (Å²) >= 11 is 0. The number of nitrogens with zero attached hydrogens (tertiary/aromatic N) is 2. The van der Waals surface area contributed by atoms with Crippen molar-refractivity contribution >= 4 is 5.91 Å². The van der Waals surface area contributed by atoms with Crippen LogP contribution in [0.5, 0.6) is 5.75 Å². The van der Waals surface area contributed by atoms with Crippen molar-refractivity contribution in [3.05, 3.63) is 83.9 Å². The highest BCUT2D eigenvalue weighted by Gasteiger charge is 2.20. The van der Waals surface area contributed by atoms with E-state index in [-0.39, 0.29) is 11.9 Å². The first-order valence-electron chi connectivity index (χ1n) is 8.12. The Hall–Kier alpha value is -3.08. The van der Waals surface area contributed by atoms with Gasteiger partial charge in [0.05, 0.1) is 13.5 Å². The van der Waals surface area contributed by atoms with Crippen molar-refractivity contribution in [3.8, 4) is 5.75 Å². The number of hydrogen-bond donors (Lipinski definition) is 1. The van der Waals surface area contributed by atoms with E-state index in [9.17, 15) is 4.79 Å². The van der Waals surface area contributed by atoms with Crippen molar-refractivity contribution in [3.63, 3.8) is 0 Å². The van der Waals surface area contributed by atoms with Crippen LogP contribution in [0.15, 0.2) is 67.0 Å². The molecule has 5 heteroatoms. The molecule has 128 valence electrons. The molecule has 1 N–H and O–H groups in total. The lowest BCUT2D eigenvalue weighted by molar-refractivity contribution is -0.121. The number of nitrogens with one attached hydrogen (secondary N) is 1. The first-order chi connectivity index (χ1) is 12.2. The highest BCUT2D eigenvalue weighted by atomic mass is 16.5. The average molecular weight is 335 g/mol. The zero-order chi connectivity index (χ0) is 17.6. The molecule has 5 nitrogen and oxygen atoms in total. The predicted octanol–water partition coefficient (Wildman–Crippen LogP) is 2.88. The SMILES string of the molecule is COc1ccc(CC(=O)NC(c2ccccc2)c2nccn2C)cc1. The molecule has 1 heterocycles.